The van der Waals surface area contributed by atoms with Gasteiger partial charge in [-0.2, -0.15) is 15.2 Å². The van der Waals surface area contributed by atoms with E-state index in [0.29, 0.717) is 5.75 Å². The molecule has 1 heterocycles. The molecule has 114 valence electrons. The third-order valence-corrected chi connectivity index (χ3v) is 2.80. The number of hydrogen-bond donors (Lipinski definition) is 2. The Hall–Kier alpha value is -3.48. The topological polar surface area (TPSA) is 92.3 Å². The van der Waals surface area contributed by atoms with Crippen molar-refractivity contribution >= 4 is 12.0 Å². The van der Waals surface area contributed by atoms with Crippen LogP contribution in [0.5, 0.6) is 11.5 Å². The molecule has 0 bridgehead atoms. The maximum atomic E-state index is 11.0. The van der Waals surface area contributed by atoms with Crippen molar-refractivity contribution in [3.8, 4) is 11.5 Å². The van der Waals surface area contributed by atoms with Gasteiger partial charge in [-0.05, 0) is 29.8 Å². The number of anilines is 1. The molecule has 3 rings (SSSR count). The molecular weight excluding hydrogens is 294 g/mol. The summed E-state index contributed by atoms with van der Waals surface area (Å²) in [6.07, 6.45) is 2.97. The summed E-state index contributed by atoms with van der Waals surface area (Å²) in [5.41, 5.74) is 2.94. The van der Waals surface area contributed by atoms with E-state index in [0.717, 1.165) is 11.3 Å². The van der Waals surface area contributed by atoms with Crippen molar-refractivity contribution in [2.45, 2.75) is 0 Å². The summed E-state index contributed by atoms with van der Waals surface area (Å²) in [6, 6.07) is 17.0. The number of benzene rings is 2. The molecule has 0 aliphatic carbocycles. The Bertz CT molecular complexity index is 861. The van der Waals surface area contributed by atoms with E-state index >= 15 is 0 Å². The number of hydrazone groups is 1. The van der Waals surface area contributed by atoms with Crippen LogP contribution in [0.15, 0.2) is 70.7 Å². The highest BCUT2D eigenvalue weighted by Crippen LogP contribution is 2.21. The van der Waals surface area contributed by atoms with Gasteiger partial charge in [-0.25, -0.2) is 9.89 Å². The second-order valence-electron chi connectivity index (χ2n) is 4.53. The van der Waals surface area contributed by atoms with Crippen LogP contribution in [0.3, 0.4) is 0 Å². The van der Waals surface area contributed by atoms with E-state index < -0.39 is 5.69 Å². The predicted molar refractivity (Wildman–Crippen MR) is 86.8 cm³/mol. The fourth-order valence-corrected chi connectivity index (χ4v) is 1.82. The summed E-state index contributed by atoms with van der Waals surface area (Å²) in [4.78, 5) is 14.7. The standard InChI is InChI=1S/C16H13N5O2/c22-16-19-15(11-18-21-16)20-17-10-12-5-4-8-14(9-12)23-13-6-2-1-3-7-13/h1-11H,(H2,19,20,21,22)/b17-10+. The van der Waals surface area contributed by atoms with E-state index in [-0.39, 0.29) is 5.82 Å². The van der Waals surface area contributed by atoms with Crippen molar-refractivity contribution in [1.82, 2.24) is 15.2 Å². The third kappa shape index (κ3) is 4.24. The molecule has 0 aliphatic heterocycles. The van der Waals surface area contributed by atoms with Crippen molar-refractivity contribution < 1.29 is 4.74 Å². The van der Waals surface area contributed by atoms with Gasteiger partial charge in [-0.3, -0.25) is 5.43 Å². The quantitative estimate of drug-likeness (QED) is 0.558. The van der Waals surface area contributed by atoms with Gasteiger partial charge in [0.25, 0.3) is 0 Å². The lowest BCUT2D eigenvalue weighted by Crippen LogP contribution is -2.13. The molecule has 0 saturated heterocycles. The van der Waals surface area contributed by atoms with Crippen molar-refractivity contribution in [2.75, 3.05) is 5.43 Å². The fraction of sp³-hybridized carbons (Fsp3) is 0. The predicted octanol–water partition coefficient (Wildman–Crippen LogP) is 2.40. The van der Waals surface area contributed by atoms with Crippen LogP contribution < -0.4 is 15.9 Å². The normalized spacial score (nSPS) is 10.6. The largest absolute Gasteiger partial charge is 0.457 e. The first kappa shape index (κ1) is 14.5. The van der Waals surface area contributed by atoms with Crippen LogP contribution in [-0.4, -0.2) is 21.4 Å². The molecule has 2 N–H and O–H groups in total. The summed E-state index contributed by atoms with van der Waals surface area (Å²) < 4.78 is 5.75. The van der Waals surface area contributed by atoms with Crippen LogP contribution in [0.25, 0.3) is 0 Å². The number of rotatable bonds is 5. The Balaban J connectivity index is 1.67. The number of ether oxygens (including phenoxy) is 1. The number of nitrogens with one attached hydrogen (secondary N) is 2. The minimum Gasteiger partial charge on any atom is -0.457 e. The monoisotopic (exact) mass is 307 g/mol. The van der Waals surface area contributed by atoms with Gasteiger partial charge in [-0.15, -0.1) is 0 Å². The van der Waals surface area contributed by atoms with Gasteiger partial charge in [-0.1, -0.05) is 30.3 Å². The van der Waals surface area contributed by atoms with E-state index in [9.17, 15) is 4.79 Å². The lowest BCUT2D eigenvalue weighted by molar-refractivity contribution is 0.482. The molecule has 7 nitrogen and oxygen atoms in total. The summed E-state index contributed by atoms with van der Waals surface area (Å²) in [7, 11) is 0. The highest BCUT2D eigenvalue weighted by atomic mass is 16.5. The van der Waals surface area contributed by atoms with Gasteiger partial charge in [0.15, 0.2) is 5.82 Å². The highest BCUT2D eigenvalue weighted by Gasteiger charge is 1.98. The summed E-state index contributed by atoms with van der Waals surface area (Å²) in [5, 5.41) is 9.82. The molecule has 0 radical (unpaired) electrons. The van der Waals surface area contributed by atoms with Gasteiger partial charge in [0.1, 0.15) is 11.5 Å². The molecule has 3 aromatic rings. The zero-order valence-electron chi connectivity index (χ0n) is 12.0. The van der Waals surface area contributed by atoms with Gasteiger partial charge in [0, 0.05) is 0 Å². The molecule has 0 unspecified atom stereocenters. The molecule has 0 fully saturated rings. The van der Waals surface area contributed by atoms with Gasteiger partial charge < -0.3 is 4.74 Å². The van der Waals surface area contributed by atoms with E-state index in [1.54, 1.807) is 6.21 Å². The Morgan fingerprint density at radius 1 is 1.09 bits per heavy atom. The molecular formula is C16H13N5O2. The fourth-order valence-electron chi connectivity index (χ4n) is 1.82. The summed E-state index contributed by atoms with van der Waals surface area (Å²) in [5.74, 6) is 1.73. The van der Waals surface area contributed by atoms with Crippen LogP contribution in [0.4, 0.5) is 5.82 Å². The molecule has 1 aromatic heterocycles. The number of nitrogens with zero attached hydrogens (tertiary/aromatic N) is 3. The number of hydrogen-bond acceptors (Lipinski definition) is 6. The first-order valence-corrected chi connectivity index (χ1v) is 6.83. The zero-order valence-corrected chi connectivity index (χ0v) is 12.0. The van der Waals surface area contributed by atoms with Gasteiger partial charge in [0.2, 0.25) is 0 Å². The van der Waals surface area contributed by atoms with Crippen LogP contribution in [0.2, 0.25) is 0 Å². The van der Waals surface area contributed by atoms with Crippen LogP contribution in [0, 0.1) is 0 Å². The first-order chi connectivity index (χ1) is 11.3. The summed E-state index contributed by atoms with van der Waals surface area (Å²) >= 11 is 0. The Morgan fingerprint density at radius 2 is 1.91 bits per heavy atom. The summed E-state index contributed by atoms with van der Waals surface area (Å²) in [6.45, 7) is 0. The molecule has 0 spiro atoms. The molecule has 23 heavy (non-hydrogen) atoms. The average Bonchev–Trinajstić information content (AvgIpc) is 2.56. The zero-order chi connectivity index (χ0) is 15.9. The molecule has 2 aromatic carbocycles. The van der Waals surface area contributed by atoms with Crippen molar-refractivity contribution in [3.63, 3.8) is 0 Å². The molecule has 0 amide bonds. The number of para-hydroxylation sites is 1. The lowest BCUT2D eigenvalue weighted by Gasteiger charge is -2.05. The lowest BCUT2D eigenvalue weighted by atomic mass is 10.2. The third-order valence-electron chi connectivity index (χ3n) is 2.80. The Labute approximate surface area is 131 Å². The Morgan fingerprint density at radius 3 is 2.74 bits per heavy atom. The van der Waals surface area contributed by atoms with Crippen LogP contribution in [-0.2, 0) is 0 Å². The molecule has 0 aliphatic rings. The Kier molecular flexibility index (Phi) is 4.39. The van der Waals surface area contributed by atoms with Crippen LogP contribution >= 0.6 is 0 Å². The molecule has 0 saturated carbocycles. The minimum atomic E-state index is -0.538. The highest BCUT2D eigenvalue weighted by molar-refractivity contribution is 5.80. The van der Waals surface area contributed by atoms with E-state index in [1.807, 2.05) is 54.6 Å². The molecule has 7 heteroatoms. The van der Waals surface area contributed by atoms with Crippen molar-refractivity contribution in [1.29, 1.82) is 0 Å². The minimum absolute atomic E-state index is 0.265. The number of H-pyrrole nitrogens is 1. The first-order valence-electron chi connectivity index (χ1n) is 6.83. The molecule has 0 atom stereocenters. The van der Waals surface area contributed by atoms with E-state index in [1.165, 1.54) is 6.20 Å². The maximum absolute atomic E-state index is 11.0. The van der Waals surface area contributed by atoms with Crippen molar-refractivity contribution in [2.24, 2.45) is 5.10 Å². The smallest absolute Gasteiger partial charge is 0.363 e. The second-order valence-corrected chi connectivity index (χ2v) is 4.53. The maximum Gasteiger partial charge on any atom is 0.363 e. The number of aromatic nitrogens is 3. The van der Waals surface area contributed by atoms with Crippen LogP contribution in [0.1, 0.15) is 5.56 Å². The number of aromatic amines is 1. The van der Waals surface area contributed by atoms with E-state index in [2.05, 4.69) is 25.7 Å². The van der Waals surface area contributed by atoms with E-state index in [4.69, 9.17) is 4.74 Å². The van der Waals surface area contributed by atoms with Gasteiger partial charge >= 0.3 is 5.69 Å². The van der Waals surface area contributed by atoms with Crippen molar-refractivity contribution in [3.05, 3.63) is 76.8 Å². The average molecular weight is 307 g/mol. The second kappa shape index (κ2) is 6.99. The van der Waals surface area contributed by atoms with Gasteiger partial charge in [0.05, 0.1) is 12.4 Å². The SMILES string of the molecule is O=c1nc(N/N=C/c2cccc(Oc3ccccc3)c2)cn[nH]1.